The van der Waals surface area contributed by atoms with Crippen molar-refractivity contribution < 1.29 is 4.79 Å². The Bertz CT molecular complexity index is 947. The van der Waals surface area contributed by atoms with Gasteiger partial charge in [0.1, 0.15) is 11.6 Å². The number of carbonyl (C=O) groups is 1. The third kappa shape index (κ3) is 2.84. The zero-order valence-corrected chi connectivity index (χ0v) is 15.9. The first-order valence-electron chi connectivity index (χ1n) is 10.2. The number of fused-ring (bicyclic) bond motifs is 1. The number of carbonyl (C=O) groups excluding carboxylic acids is 1. The summed E-state index contributed by atoms with van der Waals surface area (Å²) in [5, 5.41) is 3.45. The highest BCUT2D eigenvalue weighted by molar-refractivity contribution is 6.01. The maximum absolute atomic E-state index is 12.9. The third-order valence-electron chi connectivity index (χ3n) is 6.04. The van der Waals surface area contributed by atoms with Crippen LogP contribution in [0.15, 0.2) is 41.6 Å². The Morgan fingerprint density at radius 2 is 1.79 bits per heavy atom. The van der Waals surface area contributed by atoms with E-state index >= 15 is 0 Å². The first-order valence-corrected chi connectivity index (χ1v) is 10.2. The van der Waals surface area contributed by atoms with Gasteiger partial charge in [0.05, 0.1) is 0 Å². The Morgan fingerprint density at radius 1 is 1.00 bits per heavy atom. The van der Waals surface area contributed by atoms with Crippen molar-refractivity contribution in [2.75, 3.05) is 29.0 Å². The van der Waals surface area contributed by atoms with Crippen LogP contribution in [0.3, 0.4) is 0 Å². The van der Waals surface area contributed by atoms with E-state index in [1.807, 2.05) is 18.2 Å². The average molecular weight is 375 g/mol. The van der Waals surface area contributed by atoms with Crippen LogP contribution in [0.2, 0.25) is 0 Å². The van der Waals surface area contributed by atoms with E-state index < -0.39 is 0 Å². The molecular formula is C22H25N5O. The Hall–Kier alpha value is -2.89. The summed E-state index contributed by atoms with van der Waals surface area (Å²) in [5.41, 5.74) is 10.2. The molecule has 1 atom stereocenters. The number of Topliss-reactive ketones (excluding diaryl/α,β-unsaturated/α-hetero) is 1. The summed E-state index contributed by atoms with van der Waals surface area (Å²) >= 11 is 0. The fourth-order valence-electron chi connectivity index (χ4n) is 4.68. The topological polar surface area (TPSA) is 84.1 Å². The number of aromatic nitrogens is 2. The molecule has 6 heteroatoms. The second-order valence-corrected chi connectivity index (χ2v) is 7.86. The van der Waals surface area contributed by atoms with Crippen molar-refractivity contribution in [1.29, 1.82) is 0 Å². The van der Waals surface area contributed by atoms with Crippen LogP contribution < -0.4 is 16.0 Å². The fraction of sp³-hybridized carbons (Fsp3) is 0.409. The van der Waals surface area contributed by atoms with Crippen molar-refractivity contribution in [3.05, 3.63) is 52.7 Å². The standard InChI is InChI=1S/C22H25N5O/c23-20-19-17(14-8-3-1-4-9-14)18-15(10-7-11-16(18)28)24-21(19)26-22(25-20)27-12-5-2-6-13-27/h1,3-4,8-9,17H,2,5-7,10-13H2,(H3,23,24,25,26). The summed E-state index contributed by atoms with van der Waals surface area (Å²) in [6.07, 6.45) is 5.90. The lowest BCUT2D eigenvalue weighted by molar-refractivity contribution is -0.116. The van der Waals surface area contributed by atoms with Crippen molar-refractivity contribution in [3.8, 4) is 0 Å². The van der Waals surface area contributed by atoms with Crippen molar-refractivity contribution in [3.63, 3.8) is 0 Å². The van der Waals surface area contributed by atoms with Gasteiger partial charge in [-0.3, -0.25) is 4.79 Å². The SMILES string of the molecule is Nc1nc(N2CCCCC2)nc2c1C(c1ccccc1)C1=C(CCCC1=O)N2. The minimum atomic E-state index is -0.198. The molecular weight excluding hydrogens is 350 g/mol. The number of anilines is 3. The van der Waals surface area contributed by atoms with Crippen molar-refractivity contribution in [2.45, 2.75) is 44.4 Å². The van der Waals surface area contributed by atoms with Crippen LogP contribution >= 0.6 is 0 Å². The molecule has 0 amide bonds. The Balaban J connectivity index is 1.66. The average Bonchev–Trinajstić information content (AvgIpc) is 2.73. The normalized spacial score (nSPS) is 21.8. The summed E-state index contributed by atoms with van der Waals surface area (Å²) in [5.74, 6) is 1.93. The predicted octanol–water partition coefficient (Wildman–Crippen LogP) is 3.61. The summed E-state index contributed by atoms with van der Waals surface area (Å²) in [4.78, 5) is 24.6. The number of nitrogens with two attached hydrogens (primary N) is 1. The van der Waals surface area contributed by atoms with E-state index in [0.29, 0.717) is 18.2 Å². The van der Waals surface area contributed by atoms with Crippen LogP contribution in [0.1, 0.15) is 55.6 Å². The molecule has 5 rings (SSSR count). The first-order chi connectivity index (χ1) is 13.7. The van der Waals surface area contributed by atoms with Gasteiger partial charge >= 0.3 is 0 Å². The molecule has 2 aromatic rings. The minimum absolute atomic E-state index is 0.198. The molecule has 0 bridgehead atoms. The lowest BCUT2D eigenvalue weighted by Gasteiger charge is -2.35. The van der Waals surface area contributed by atoms with Crippen molar-refractivity contribution in [2.24, 2.45) is 0 Å². The number of ketones is 1. The van der Waals surface area contributed by atoms with Gasteiger partial charge in [0.2, 0.25) is 5.95 Å². The van der Waals surface area contributed by atoms with Crippen LogP contribution in [0.4, 0.5) is 17.6 Å². The smallest absolute Gasteiger partial charge is 0.229 e. The fourth-order valence-corrected chi connectivity index (χ4v) is 4.68. The summed E-state index contributed by atoms with van der Waals surface area (Å²) in [6.45, 7) is 1.93. The van der Waals surface area contributed by atoms with Gasteiger partial charge in [-0.25, -0.2) is 0 Å². The van der Waals surface area contributed by atoms with Crippen molar-refractivity contribution in [1.82, 2.24) is 9.97 Å². The number of allylic oxidation sites excluding steroid dienone is 2. The van der Waals surface area contributed by atoms with Crippen LogP contribution in [-0.4, -0.2) is 28.8 Å². The minimum Gasteiger partial charge on any atom is -0.383 e. The number of hydrogen-bond donors (Lipinski definition) is 2. The molecule has 0 saturated carbocycles. The molecule has 3 N–H and O–H groups in total. The number of nitrogen functional groups attached to an aromatic ring is 1. The molecule has 1 fully saturated rings. The second kappa shape index (κ2) is 6.93. The van der Waals surface area contributed by atoms with Crippen LogP contribution in [0, 0.1) is 0 Å². The molecule has 3 heterocycles. The van der Waals surface area contributed by atoms with Gasteiger partial charge in [0, 0.05) is 42.3 Å². The number of rotatable bonds is 2. The van der Waals surface area contributed by atoms with Gasteiger partial charge in [-0.05, 0) is 37.7 Å². The van der Waals surface area contributed by atoms with Gasteiger partial charge in [0.25, 0.3) is 0 Å². The highest BCUT2D eigenvalue weighted by atomic mass is 16.1. The molecule has 3 aliphatic rings. The molecule has 0 radical (unpaired) electrons. The number of benzene rings is 1. The van der Waals surface area contributed by atoms with Gasteiger partial charge in [-0.1, -0.05) is 30.3 Å². The molecule has 28 heavy (non-hydrogen) atoms. The maximum Gasteiger partial charge on any atom is 0.229 e. The van der Waals surface area contributed by atoms with E-state index in [4.69, 9.17) is 10.7 Å². The van der Waals surface area contributed by atoms with Gasteiger partial charge in [0.15, 0.2) is 5.78 Å². The highest BCUT2D eigenvalue weighted by Crippen LogP contribution is 2.46. The second-order valence-electron chi connectivity index (χ2n) is 7.86. The molecule has 6 nitrogen and oxygen atoms in total. The van der Waals surface area contributed by atoms with Crippen LogP contribution in [0.5, 0.6) is 0 Å². The van der Waals surface area contributed by atoms with E-state index in [9.17, 15) is 4.79 Å². The van der Waals surface area contributed by atoms with Gasteiger partial charge in [-0.15, -0.1) is 0 Å². The molecule has 0 spiro atoms. The van der Waals surface area contributed by atoms with Gasteiger partial charge in [-0.2, -0.15) is 9.97 Å². The summed E-state index contributed by atoms with van der Waals surface area (Å²) < 4.78 is 0. The lowest BCUT2D eigenvalue weighted by Crippen LogP contribution is -2.33. The molecule has 1 aromatic heterocycles. The predicted molar refractivity (Wildman–Crippen MR) is 110 cm³/mol. The maximum atomic E-state index is 12.9. The van der Waals surface area contributed by atoms with E-state index in [-0.39, 0.29) is 11.7 Å². The third-order valence-corrected chi connectivity index (χ3v) is 6.04. The first kappa shape index (κ1) is 17.2. The quantitative estimate of drug-likeness (QED) is 0.834. The lowest BCUT2D eigenvalue weighted by atomic mass is 9.76. The molecule has 1 saturated heterocycles. The highest BCUT2D eigenvalue weighted by Gasteiger charge is 2.38. The van der Waals surface area contributed by atoms with Crippen LogP contribution in [-0.2, 0) is 4.79 Å². The summed E-state index contributed by atoms with van der Waals surface area (Å²) in [6, 6.07) is 10.1. The number of nitrogens with one attached hydrogen (secondary N) is 1. The van der Waals surface area contributed by atoms with Crippen LogP contribution in [0.25, 0.3) is 0 Å². The zero-order valence-electron chi connectivity index (χ0n) is 15.9. The Morgan fingerprint density at radius 3 is 2.57 bits per heavy atom. The largest absolute Gasteiger partial charge is 0.383 e. The monoisotopic (exact) mass is 375 g/mol. The molecule has 1 unspecified atom stereocenters. The molecule has 1 aromatic carbocycles. The van der Waals surface area contributed by atoms with Gasteiger partial charge < -0.3 is 16.0 Å². The van der Waals surface area contributed by atoms with E-state index in [0.717, 1.165) is 67.0 Å². The summed E-state index contributed by atoms with van der Waals surface area (Å²) in [7, 11) is 0. The Kier molecular flexibility index (Phi) is 4.26. The molecule has 2 aliphatic heterocycles. The number of hydrogen-bond acceptors (Lipinski definition) is 6. The number of piperidine rings is 1. The number of nitrogens with zero attached hydrogens (tertiary/aromatic N) is 3. The van der Waals surface area contributed by atoms with E-state index in [2.05, 4.69) is 27.3 Å². The molecule has 144 valence electrons. The van der Waals surface area contributed by atoms with Crippen molar-refractivity contribution >= 4 is 23.4 Å². The Labute approximate surface area is 164 Å². The molecule has 1 aliphatic carbocycles. The van der Waals surface area contributed by atoms with E-state index in [1.165, 1.54) is 6.42 Å². The van der Waals surface area contributed by atoms with E-state index in [1.54, 1.807) is 0 Å². The zero-order chi connectivity index (χ0) is 19.1.